The van der Waals surface area contributed by atoms with E-state index in [4.69, 9.17) is 5.73 Å². The second kappa shape index (κ2) is 4.44. The van der Waals surface area contributed by atoms with Crippen molar-refractivity contribution >= 4 is 11.6 Å². The largest absolute Gasteiger partial charge is 0.393 e. The number of nitrogens with zero attached hydrogens (tertiary/aromatic N) is 2. The molecule has 0 aliphatic heterocycles. The Bertz CT molecular complexity index is 323. The number of aliphatic hydroxyl groups excluding tert-OH is 1. The number of hydrogen-bond acceptors (Lipinski definition) is 5. The molecular formula is C10H16N4O. The maximum absolute atomic E-state index is 9.36. The molecule has 1 aromatic heterocycles. The molecule has 0 unspecified atom stereocenters. The fourth-order valence-corrected chi connectivity index (χ4v) is 1.88. The van der Waals surface area contributed by atoms with Crippen molar-refractivity contribution in [3.63, 3.8) is 0 Å². The third-order valence-electron chi connectivity index (χ3n) is 2.74. The van der Waals surface area contributed by atoms with Gasteiger partial charge in [-0.1, -0.05) is 0 Å². The van der Waals surface area contributed by atoms with Gasteiger partial charge in [-0.05, 0) is 25.7 Å². The molecule has 0 aromatic carbocycles. The third kappa shape index (κ3) is 2.79. The maximum atomic E-state index is 9.36. The zero-order valence-electron chi connectivity index (χ0n) is 8.56. The molecule has 1 heterocycles. The number of nitrogens with two attached hydrogens (primary N) is 1. The summed E-state index contributed by atoms with van der Waals surface area (Å²) in [4.78, 5) is 7.92. The number of anilines is 2. The van der Waals surface area contributed by atoms with Gasteiger partial charge in [-0.15, -0.1) is 0 Å². The van der Waals surface area contributed by atoms with Crippen LogP contribution in [0.5, 0.6) is 0 Å². The first-order valence-corrected chi connectivity index (χ1v) is 5.26. The molecule has 0 atom stereocenters. The number of hydrogen-bond donors (Lipinski definition) is 3. The van der Waals surface area contributed by atoms with Gasteiger partial charge in [0.15, 0.2) is 0 Å². The maximum Gasteiger partial charge on any atom is 0.131 e. The lowest BCUT2D eigenvalue weighted by Gasteiger charge is -2.26. The Morgan fingerprint density at radius 1 is 1.27 bits per heavy atom. The summed E-state index contributed by atoms with van der Waals surface area (Å²) < 4.78 is 0. The first kappa shape index (κ1) is 10.2. The molecule has 1 fully saturated rings. The Morgan fingerprint density at radius 2 is 2.00 bits per heavy atom. The van der Waals surface area contributed by atoms with E-state index in [1.54, 1.807) is 6.07 Å². The summed E-state index contributed by atoms with van der Waals surface area (Å²) in [6, 6.07) is 2.12. The van der Waals surface area contributed by atoms with Crippen LogP contribution in [0, 0.1) is 0 Å². The number of nitrogens with one attached hydrogen (secondary N) is 1. The third-order valence-corrected chi connectivity index (χ3v) is 2.74. The normalized spacial score (nSPS) is 26.2. The highest BCUT2D eigenvalue weighted by molar-refractivity contribution is 5.43. The lowest BCUT2D eigenvalue weighted by Crippen LogP contribution is -2.28. The molecule has 4 N–H and O–H groups in total. The van der Waals surface area contributed by atoms with Crippen molar-refractivity contribution in [1.82, 2.24) is 9.97 Å². The number of aliphatic hydroxyl groups is 1. The molecule has 1 aliphatic rings. The Labute approximate surface area is 88.7 Å². The van der Waals surface area contributed by atoms with Crippen molar-refractivity contribution < 1.29 is 5.11 Å². The van der Waals surface area contributed by atoms with Gasteiger partial charge in [0, 0.05) is 12.1 Å². The van der Waals surface area contributed by atoms with E-state index in [1.807, 2.05) is 0 Å². The van der Waals surface area contributed by atoms with E-state index in [-0.39, 0.29) is 6.10 Å². The number of aromatic nitrogens is 2. The van der Waals surface area contributed by atoms with Crippen LogP contribution in [-0.4, -0.2) is 27.2 Å². The Hall–Kier alpha value is -1.36. The minimum Gasteiger partial charge on any atom is -0.393 e. The van der Waals surface area contributed by atoms with Crippen LogP contribution in [0.15, 0.2) is 12.4 Å². The predicted octanol–water partition coefficient (Wildman–Crippen LogP) is 0.774. The van der Waals surface area contributed by atoms with Crippen LogP contribution in [0.2, 0.25) is 0 Å². The average molecular weight is 208 g/mol. The van der Waals surface area contributed by atoms with E-state index in [1.165, 1.54) is 6.33 Å². The molecule has 1 aromatic rings. The van der Waals surface area contributed by atoms with Crippen LogP contribution >= 0.6 is 0 Å². The minimum atomic E-state index is -0.126. The van der Waals surface area contributed by atoms with E-state index in [0.29, 0.717) is 11.9 Å². The van der Waals surface area contributed by atoms with Crippen LogP contribution in [0.25, 0.3) is 0 Å². The fraction of sp³-hybridized carbons (Fsp3) is 0.600. The second-order valence-corrected chi connectivity index (χ2v) is 3.98. The summed E-state index contributed by atoms with van der Waals surface area (Å²) in [5.41, 5.74) is 5.55. The Balaban J connectivity index is 1.92. The summed E-state index contributed by atoms with van der Waals surface area (Å²) in [5.74, 6) is 1.24. The van der Waals surface area contributed by atoms with Gasteiger partial charge in [0.2, 0.25) is 0 Å². The molecule has 0 spiro atoms. The average Bonchev–Trinajstić information content (AvgIpc) is 2.22. The molecule has 0 radical (unpaired) electrons. The van der Waals surface area contributed by atoms with Gasteiger partial charge in [-0.2, -0.15) is 0 Å². The number of rotatable bonds is 2. The second-order valence-electron chi connectivity index (χ2n) is 3.98. The van der Waals surface area contributed by atoms with Crippen molar-refractivity contribution in [3.05, 3.63) is 12.4 Å². The fourth-order valence-electron chi connectivity index (χ4n) is 1.88. The summed E-state index contributed by atoms with van der Waals surface area (Å²) in [7, 11) is 0. The molecule has 82 valence electrons. The van der Waals surface area contributed by atoms with Crippen LogP contribution in [0.1, 0.15) is 25.7 Å². The van der Waals surface area contributed by atoms with Gasteiger partial charge in [-0.3, -0.25) is 0 Å². The zero-order valence-corrected chi connectivity index (χ0v) is 8.56. The topological polar surface area (TPSA) is 84.1 Å². The van der Waals surface area contributed by atoms with Gasteiger partial charge in [0.1, 0.15) is 18.0 Å². The van der Waals surface area contributed by atoms with E-state index in [2.05, 4.69) is 15.3 Å². The standard InChI is InChI=1S/C10H16N4O/c11-9-5-10(13-6-12-9)14-7-1-3-8(15)4-2-7/h5-8,15H,1-4H2,(H3,11,12,13,14). The SMILES string of the molecule is Nc1cc(NC2CCC(O)CC2)ncn1. The van der Waals surface area contributed by atoms with E-state index in [9.17, 15) is 5.11 Å². The van der Waals surface area contributed by atoms with E-state index in [0.717, 1.165) is 31.5 Å². The highest BCUT2D eigenvalue weighted by Gasteiger charge is 2.19. The first-order chi connectivity index (χ1) is 7.24. The van der Waals surface area contributed by atoms with Gasteiger partial charge in [0.05, 0.1) is 6.10 Å². The molecule has 0 saturated heterocycles. The van der Waals surface area contributed by atoms with Gasteiger partial charge in [-0.25, -0.2) is 9.97 Å². The lowest BCUT2D eigenvalue weighted by molar-refractivity contribution is 0.126. The smallest absolute Gasteiger partial charge is 0.131 e. The van der Waals surface area contributed by atoms with Crippen molar-refractivity contribution in [2.24, 2.45) is 0 Å². The quantitative estimate of drug-likeness (QED) is 0.668. The molecule has 2 rings (SSSR count). The molecule has 5 nitrogen and oxygen atoms in total. The van der Waals surface area contributed by atoms with Gasteiger partial charge < -0.3 is 16.2 Å². The number of nitrogen functional groups attached to an aromatic ring is 1. The highest BCUT2D eigenvalue weighted by Crippen LogP contribution is 2.21. The summed E-state index contributed by atoms with van der Waals surface area (Å²) in [6.07, 6.45) is 5.00. The molecule has 1 aliphatic carbocycles. The van der Waals surface area contributed by atoms with Crippen molar-refractivity contribution in [1.29, 1.82) is 0 Å². The molecule has 0 amide bonds. The first-order valence-electron chi connectivity index (χ1n) is 5.26. The Kier molecular flexibility index (Phi) is 3.01. The van der Waals surface area contributed by atoms with Crippen LogP contribution < -0.4 is 11.1 Å². The van der Waals surface area contributed by atoms with E-state index < -0.39 is 0 Å². The molecule has 0 bridgehead atoms. The Morgan fingerprint density at radius 3 is 2.67 bits per heavy atom. The predicted molar refractivity (Wildman–Crippen MR) is 58.3 cm³/mol. The zero-order chi connectivity index (χ0) is 10.7. The van der Waals surface area contributed by atoms with Crippen LogP contribution in [-0.2, 0) is 0 Å². The highest BCUT2D eigenvalue weighted by atomic mass is 16.3. The monoisotopic (exact) mass is 208 g/mol. The van der Waals surface area contributed by atoms with E-state index >= 15 is 0 Å². The van der Waals surface area contributed by atoms with Crippen molar-refractivity contribution in [2.45, 2.75) is 37.8 Å². The summed E-state index contributed by atoms with van der Waals surface area (Å²) in [6.45, 7) is 0. The van der Waals surface area contributed by atoms with Crippen molar-refractivity contribution in [3.8, 4) is 0 Å². The summed E-state index contributed by atoms with van der Waals surface area (Å²) >= 11 is 0. The summed E-state index contributed by atoms with van der Waals surface area (Å²) in [5, 5.41) is 12.7. The van der Waals surface area contributed by atoms with Crippen LogP contribution in [0.4, 0.5) is 11.6 Å². The van der Waals surface area contributed by atoms with Gasteiger partial charge in [0.25, 0.3) is 0 Å². The molecule has 15 heavy (non-hydrogen) atoms. The van der Waals surface area contributed by atoms with Gasteiger partial charge >= 0.3 is 0 Å². The van der Waals surface area contributed by atoms with Crippen molar-refractivity contribution in [2.75, 3.05) is 11.1 Å². The lowest BCUT2D eigenvalue weighted by atomic mass is 9.93. The molecule has 1 saturated carbocycles. The minimum absolute atomic E-state index is 0.126. The molecule has 5 heteroatoms. The molecular weight excluding hydrogens is 192 g/mol. The van der Waals surface area contributed by atoms with Crippen LogP contribution in [0.3, 0.4) is 0 Å².